The molecule has 2 aromatic rings. The van der Waals surface area contributed by atoms with Crippen molar-refractivity contribution in [2.75, 3.05) is 11.4 Å². The lowest BCUT2D eigenvalue weighted by Crippen LogP contribution is -2.39. The highest BCUT2D eigenvalue weighted by atomic mass is 79.9. The molecule has 21 heavy (non-hydrogen) atoms. The van der Waals surface area contributed by atoms with E-state index >= 15 is 0 Å². The molecule has 0 aromatic heterocycles. The van der Waals surface area contributed by atoms with E-state index in [4.69, 9.17) is 0 Å². The minimum atomic E-state index is -0.0000842. The molecule has 1 unspecified atom stereocenters. The van der Waals surface area contributed by atoms with Gasteiger partial charge >= 0.3 is 0 Å². The van der Waals surface area contributed by atoms with E-state index in [2.05, 4.69) is 33.4 Å². The number of nitrogens with one attached hydrogen (secondary N) is 1. The summed E-state index contributed by atoms with van der Waals surface area (Å²) < 4.78 is 1.07. The summed E-state index contributed by atoms with van der Waals surface area (Å²) in [5.74, 6) is 0.217. The quantitative estimate of drug-likeness (QED) is 0.924. The SMILES string of the molecule is O=C1C(NC2CC2)CCN1c1ccc(Br)c2ccccc12. The molecule has 0 radical (unpaired) electrons. The third-order valence-electron chi connectivity index (χ3n) is 4.36. The number of hydrogen-bond donors (Lipinski definition) is 1. The fourth-order valence-electron chi connectivity index (χ4n) is 3.09. The van der Waals surface area contributed by atoms with Crippen LogP contribution in [-0.2, 0) is 4.79 Å². The molecule has 3 nitrogen and oxygen atoms in total. The summed E-state index contributed by atoms with van der Waals surface area (Å²) in [4.78, 5) is 14.6. The van der Waals surface area contributed by atoms with Crippen molar-refractivity contribution in [3.8, 4) is 0 Å². The molecule has 0 bridgehead atoms. The van der Waals surface area contributed by atoms with Crippen LogP contribution >= 0.6 is 15.9 Å². The summed E-state index contributed by atoms with van der Waals surface area (Å²) in [5, 5.41) is 5.75. The summed E-state index contributed by atoms with van der Waals surface area (Å²) in [5.41, 5.74) is 1.03. The third-order valence-corrected chi connectivity index (χ3v) is 5.05. The van der Waals surface area contributed by atoms with Gasteiger partial charge in [0.2, 0.25) is 5.91 Å². The topological polar surface area (TPSA) is 32.3 Å². The molecule has 1 atom stereocenters. The van der Waals surface area contributed by atoms with E-state index in [0.29, 0.717) is 6.04 Å². The maximum Gasteiger partial charge on any atom is 0.244 e. The highest BCUT2D eigenvalue weighted by Gasteiger charge is 2.36. The van der Waals surface area contributed by atoms with Gasteiger partial charge < -0.3 is 10.2 Å². The maximum absolute atomic E-state index is 12.6. The standard InChI is InChI=1S/C17H17BrN2O/c18-14-7-8-16(13-4-2-1-3-12(13)14)20-10-9-15(17(20)21)19-11-5-6-11/h1-4,7-8,11,15,19H,5-6,9-10H2. The molecular weight excluding hydrogens is 328 g/mol. The Hall–Kier alpha value is -1.39. The smallest absolute Gasteiger partial charge is 0.244 e. The van der Waals surface area contributed by atoms with Gasteiger partial charge in [-0.1, -0.05) is 40.2 Å². The largest absolute Gasteiger partial charge is 0.310 e. The number of fused-ring (bicyclic) bond motifs is 1. The first-order valence-corrected chi connectivity index (χ1v) is 8.28. The van der Waals surface area contributed by atoms with E-state index in [-0.39, 0.29) is 11.9 Å². The Kier molecular flexibility index (Phi) is 3.23. The first-order chi connectivity index (χ1) is 10.2. The van der Waals surface area contributed by atoms with Crippen LogP contribution in [0.4, 0.5) is 5.69 Å². The monoisotopic (exact) mass is 344 g/mol. The second-order valence-electron chi connectivity index (χ2n) is 5.88. The average Bonchev–Trinajstić information content (AvgIpc) is 3.25. The van der Waals surface area contributed by atoms with Gasteiger partial charge in [0.25, 0.3) is 0 Å². The fourth-order valence-corrected chi connectivity index (χ4v) is 3.57. The van der Waals surface area contributed by atoms with Gasteiger partial charge in [-0.25, -0.2) is 0 Å². The van der Waals surface area contributed by atoms with Crippen LogP contribution in [0, 0.1) is 0 Å². The van der Waals surface area contributed by atoms with E-state index in [9.17, 15) is 4.79 Å². The lowest BCUT2D eigenvalue weighted by atomic mass is 10.1. The van der Waals surface area contributed by atoms with Gasteiger partial charge in [0.1, 0.15) is 0 Å². The Balaban J connectivity index is 1.70. The van der Waals surface area contributed by atoms with E-state index in [1.807, 2.05) is 29.2 Å². The zero-order valence-corrected chi connectivity index (χ0v) is 13.3. The van der Waals surface area contributed by atoms with Crippen molar-refractivity contribution in [3.05, 3.63) is 40.9 Å². The zero-order valence-electron chi connectivity index (χ0n) is 11.7. The van der Waals surface area contributed by atoms with Gasteiger partial charge in [-0.2, -0.15) is 0 Å². The number of carbonyl (C=O) groups is 1. The first kappa shape index (κ1) is 13.3. The minimum Gasteiger partial charge on any atom is -0.310 e. The molecule has 1 amide bonds. The van der Waals surface area contributed by atoms with Crippen LogP contribution in [0.5, 0.6) is 0 Å². The van der Waals surface area contributed by atoms with Crippen molar-refractivity contribution in [1.29, 1.82) is 0 Å². The molecule has 4 rings (SSSR count). The summed E-state index contributed by atoms with van der Waals surface area (Å²) in [6.07, 6.45) is 3.33. The van der Waals surface area contributed by atoms with Crippen molar-refractivity contribution in [3.63, 3.8) is 0 Å². The average molecular weight is 345 g/mol. The summed E-state index contributed by atoms with van der Waals surface area (Å²) in [7, 11) is 0. The van der Waals surface area contributed by atoms with Crippen LogP contribution in [0.15, 0.2) is 40.9 Å². The summed E-state index contributed by atoms with van der Waals surface area (Å²) in [6.45, 7) is 0.800. The van der Waals surface area contributed by atoms with E-state index in [1.165, 1.54) is 12.8 Å². The van der Waals surface area contributed by atoms with Gasteiger partial charge in [-0.3, -0.25) is 4.79 Å². The van der Waals surface area contributed by atoms with E-state index in [0.717, 1.165) is 33.9 Å². The van der Waals surface area contributed by atoms with Crippen molar-refractivity contribution in [2.45, 2.75) is 31.3 Å². The van der Waals surface area contributed by atoms with Gasteiger partial charge in [-0.15, -0.1) is 0 Å². The molecule has 0 spiro atoms. The Bertz CT molecular complexity index is 711. The molecule has 1 aliphatic carbocycles. The van der Waals surface area contributed by atoms with Crippen molar-refractivity contribution >= 4 is 38.3 Å². The molecule has 1 heterocycles. The Morgan fingerprint density at radius 1 is 1.05 bits per heavy atom. The predicted octanol–water partition coefficient (Wildman–Crippen LogP) is 3.46. The predicted molar refractivity (Wildman–Crippen MR) is 88.6 cm³/mol. The molecule has 1 N–H and O–H groups in total. The Morgan fingerprint density at radius 2 is 1.81 bits per heavy atom. The van der Waals surface area contributed by atoms with Crippen LogP contribution in [-0.4, -0.2) is 24.5 Å². The van der Waals surface area contributed by atoms with Crippen molar-refractivity contribution < 1.29 is 4.79 Å². The molecule has 108 valence electrons. The maximum atomic E-state index is 12.6. The molecule has 4 heteroatoms. The Labute approximate surface area is 132 Å². The number of anilines is 1. The number of halogens is 1. The van der Waals surface area contributed by atoms with Crippen molar-refractivity contribution in [1.82, 2.24) is 5.32 Å². The van der Waals surface area contributed by atoms with Crippen LogP contribution in [0.2, 0.25) is 0 Å². The van der Waals surface area contributed by atoms with Crippen LogP contribution in [0.3, 0.4) is 0 Å². The van der Waals surface area contributed by atoms with Gasteiger partial charge in [0.15, 0.2) is 0 Å². The molecule has 1 aliphatic heterocycles. The lowest BCUT2D eigenvalue weighted by molar-refractivity contribution is -0.118. The molecule has 2 aromatic carbocycles. The van der Waals surface area contributed by atoms with Crippen LogP contribution in [0.1, 0.15) is 19.3 Å². The molecule has 1 saturated carbocycles. The van der Waals surface area contributed by atoms with Crippen LogP contribution in [0.25, 0.3) is 10.8 Å². The highest BCUT2D eigenvalue weighted by Crippen LogP contribution is 2.34. The lowest BCUT2D eigenvalue weighted by Gasteiger charge is -2.20. The van der Waals surface area contributed by atoms with Gasteiger partial charge in [-0.05, 0) is 36.8 Å². The number of nitrogens with zero attached hydrogens (tertiary/aromatic N) is 1. The normalized spacial score (nSPS) is 22.2. The van der Waals surface area contributed by atoms with Crippen molar-refractivity contribution in [2.24, 2.45) is 0 Å². The number of rotatable bonds is 3. The number of carbonyl (C=O) groups excluding carboxylic acids is 1. The number of benzene rings is 2. The molecule has 2 aliphatic rings. The molecule has 1 saturated heterocycles. The highest BCUT2D eigenvalue weighted by molar-refractivity contribution is 9.10. The van der Waals surface area contributed by atoms with Gasteiger partial charge in [0, 0.05) is 22.4 Å². The number of amides is 1. The summed E-state index contributed by atoms with van der Waals surface area (Å²) in [6, 6.07) is 12.9. The molecular formula is C17H17BrN2O. The van der Waals surface area contributed by atoms with E-state index < -0.39 is 0 Å². The first-order valence-electron chi connectivity index (χ1n) is 7.49. The fraction of sp³-hybridized carbons (Fsp3) is 0.353. The Morgan fingerprint density at radius 3 is 2.57 bits per heavy atom. The van der Waals surface area contributed by atoms with E-state index in [1.54, 1.807) is 0 Å². The number of hydrogen-bond acceptors (Lipinski definition) is 2. The zero-order chi connectivity index (χ0) is 14.4. The molecule has 2 fully saturated rings. The van der Waals surface area contributed by atoms with Gasteiger partial charge in [0.05, 0.1) is 11.7 Å². The second-order valence-corrected chi connectivity index (χ2v) is 6.74. The minimum absolute atomic E-state index is 0.0000842. The second kappa shape index (κ2) is 5.11. The third kappa shape index (κ3) is 2.36. The summed E-state index contributed by atoms with van der Waals surface area (Å²) >= 11 is 3.59. The van der Waals surface area contributed by atoms with Crippen LogP contribution < -0.4 is 10.2 Å².